The summed E-state index contributed by atoms with van der Waals surface area (Å²) < 4.78 is 8.06. The number of benzene rings is 5. The molecular weight excluding hydrogens is 635 g/mol. The number of aromatic nitrogens is 3. The van der Waals surface area contributed by atoms with Crippen LogP contribution < -0.4 is 18.9 Å². The summed E-state index contributed by atoms with van der Waals surface area (Å²) in [5.74, 6) is 2.42. The summed E-state index contributed by atoms with van der Waals surface area (Å²) >= 11 is 0. The number of anilines is 6. The molecule has 0 radical (unpaired) electrons. The van der Waals surface area contributed by atoms with Crippen molar-refractivity contribution in [3.05, 3.63) is 161 Å². The zero-order chi connectivity index (χ0) is 34.2. The highest BCUT2D eigenvalue weighted by Crippen LogP contribution is 2.66. The lowest BCUT2D eigenvalue weighted by atomic mass is 9.67. The molecule has 0 saturated heterocycles. The predicted octanol–water partition coefficient (Wildman–Crippen LogP) is 9.80. The fourth-order valence-corrected chi connectivity index (χ4v) is 11.8. The molecule has 1 atom stereocenters. The van der Waals surface area contributed by atoms with Crippen LogP contribution in [-0.2, 0) is 16.5 Å². The molecule has 14 rings (SSSR count). The van der Waals surface area contributed by atoms with Crippen LogP contribution in [0.2, 0.25) is 0 Å². The summed E-state index contributed by atoms with van der Waals surface area (Å²) in [5.41, 5.74) is 18.7. The van der Waals surface area contributed by atoms with Crippen LogP contribution in [0.1, 0.15) is 61.1 Å². The zero-order valence-corrected chi connectivity index (χ0v) is 29.4. The molecule has 0 N–H and O–H groups in total. The molecule has 6 aliphatic heterocycles. The van der Waals surface area contributed by atoms with Crippen molar-refractivity contribution in [2.24, 2.45) is 0 Å². The Bertz CT molecular complexity index is 3060. The predicted molar refractivity (Wildman–Crippen MR) is 205 cm³/mol. The average Bonchev–Trinajstić information content (AvgIpc) is 3.66. The quantitative estimate of drug-likeness (QED) is 0.150. The number of fused-ring (bicyclic) bond motifs is 11. The smallest absolute Gasteiger partial charge is 0.308 e. The van der Waals surface area contributed by atoms with E-state index in [1.54, 1.807) is 0 Å². The maximum atomic E-state index is 2.72. The molecule has 9 heterocycles. The normalized spacial score (nSPS) is 19.8. The van der Waals surface area contributed by atoms with E-state index in [9.17, 15) is 0 Å². The van der Waals surface area contributed by atoms with Crippen molar-refractivity contribution in [3.63, 3.8) is 0 Å². The van der Waals surface area contributed by atoms with E-state index in [1.807, 2.05) is 0 Å². The number of pyridine rings is 2. The monoisotopic (exact) mass is 667 g/mol. The van der Waals surface area contributed by atoms with Crippen LogP contribution >= 0.6 is 0 Å². The van der Waals surface area contributed by atoms with Crippen molar-refractivity contribution in [2.75, 3.05) is 9.80 Å². The molecule has 0 fully saturated rings. The Morgan fingerprint density at radius 3 is 1.71 bits per heavy atom. The second kappa shape index (κ2) is 7.83. The highest BCUT2D eigenvalue weighted by atomic mass is 15.5. The van der Waals surface area contributed by atoms with Gasteiger partial charge in [-0.05, 0) is 54.6 Å². The summed E-state index contributed by atoms with van der Waals surface area (Å²) in [6, 6.07) is 48.7. The number of hydrogen-bond acceptors (Lipinski definition) is 2. The van der Waals surface area contributed by atoms with Gasteiger partial charge in [0.25, 0.3) is 11.6 Å². The second-order valence-corrected chi connectivity index (χ2v) is 16.6. The Balaban J connectivity index is 1.32. The standard InChI is InChI=1S/C47H33N5/c1-45(2)28-14-6-9-17-33(28)49-38-21-11-19-35-36-20-12-22-39-50-34-18-10-7-15-29(34)46(3,4)31-25-27-26-13-5-8-16-32(26)48-37-24-23-30(45)43(49)40(37)47(51(35)38,52(36)39)41(42(27)48)44(31)50/h5-25H,1-4H3/q+2. The third kappa shape index (κ3) is 2.38. The van der Waals surface area contributed by atoms with E-state index in [0.717, 1.165) is 0 Å². The van der Waals surface area contributed by atoms with Gasteiger partial charge in [0.2, 0.25) is 0 Å². The Labute approximate surface area is 300 Å². The number of rotatable bonds is 0. The number of nitrogens with zero attached hydrogens (tertiary/aromatic N) is 5. The molecule has 1 unspecified atom stereocenters. The Morgan fingerprint density at radius 2 is 1.04 bits per heavy atom. The van der Waals surface area contributed by atoms with Crippen LogP contribution in [0.3, 0.4) is 0 Å². The molecule has 0 amide bonds. The van der Waals surface area contributed by atoms with E-state index in [4.69, 9.17) is 0 Å². The van der Waals surface area contributed by atoms with Crippen LogP contribution in [0.5, 0.6) is 0 Å². The largest absolute Gasteiger partial charge is 0.319 e. The lowest BCUT2D eigenvalue weighted by Gasteiger charge is -2.49. The van der Waals surface area contributed by atoms with Gasteiger partial charge in [0, 0.05) is 56.0 Å². The Morgan fingerprint density at radius 1 is 0.462 bits per heavy atom. The van der Waals surface area contributed by atoms with Gasteiger partial charge in [-0.2, -0.15) is 18.9 Å². The van der Waals surface area contributed by atoms with E-state index in [2.05, 4.69) is 179 Å². The fourth-order valence-electron chi connectivity index (χ4n) is 11.8. The van der Waals surface area contributed by atoms with Crippen molar-refractivity contribution in [3.8, 4) is 17.1 Å². The van der Waals surface area contributed by atoms with E-state index < -0.39 is 5.66 Å². The topological polar surface area (TPSA) is 19.2 Å². The summed E-state index contributed by atoms with van der Waals surface area (Å²) in [7, 11) is 0. The number of para-hydroxylation sites is 3. The second-order valence-electron chi connectivity index (χ2n) is 16.6. The van der Waals surface area contributed by atoms with E-state index in [1.165, 1.54) is 107 Å². The Hall–Kier alpha value is -6.20. The molecule has 0 bridgehead atoms. The van der Waals surface area contributed by atoms with Gasteiger partial charge in [-0.15, -0.1) is 0 Å². The van der Waals surface area contributed by atoms with Gasteiger partial charge in [0.1, 0.15) is 22.5 Å². The molecular formula is C47H33N5+2. The SMILES string of the molecule is CC1(C)c2ccccc2N2c3c1ccc1c3C34c5c6c(cc7c8ccccc8n-1c57)C(C)(C)c1ccccc1N6c1cccc([n+]13)-c1cccc2[n+]14. The van der Waals surface area contributed by atoms with Gasteiger partial charge in [-0.25, -0.2) is 0 Å². The molecule has 6 aliphatic rings. The molecule has 244 valence electrons. The van der Waals surface area contributed by atoms with Crippen molar-refractivity contribution in [2.45, 2.75) is 44.2 Å². The highest BCUT2D eigenvalue weighted by Gasteiger charge is 2.72. The molecule has 1 spiro atoms. The molecule has 8 aromatic rings. The summed E-state index contributed by atoms with van der Waals surface area (Å²) in [6.45, 7) is 9.71. The van der Waals surface area contributed by atoms with E-state index >= 15 is 0 Å². The first-order valence-electron chi connectivity index (χ1n) is 18.6. The minimum atomic E-state index is -0.649. The van der Waals surface area contributed by atoms with Gasteiger partial charge in [0.05, 0.1) is 16.7 Å². The van der Waals surface area contributed by atoms with Crippen LogP contribution in [0, 0.1) is 0 Å². The number of hydrogen-bond donors (Lipinski definition) is 0. The van der Waals surface area contributed by atoms with Crippen LogP contribution in [0.25, 0.3) is 38.9 Å². The minimum Gasteiger partial charge on any atom is -0.308 e. The highest BCUT2D eigenvalue weighted by molar-refractivity contribution is 6.15. The van der Waals surface area contributed by atoms with E-state index in [0.29, 0.717) is 0 Å². The maximum Gasteiger partial charge on any atom is 0.319 e. The first kappa shape index (κ1) is 26.6. The van der Waals surface area contributed by atoms with Crippen LogP contribution in [-0.4, -0.2) is 4.57 Å². The zero-order valence-electron chi connectivity index (χ0n) is 29.4. The van der Waals surface area contributed by atoms with Gasteiger partial charge in [-0.1, -0.05) is 88.4 Å². The van der Waals surface area contributed by atoms with Crippen LogP contribution in [0.15, 0.2) is 127 Å². The third-order valence-electron chi connectivity index (χ3n) is 13.8. The third-order valence-corrected chi connectivity index (χ3v) is 13.8. The minimum absolute atomic E-state index is 0.203. The van der Waals surface area contributed by atoms with Crippen molar-refractivity contribution in [1.82, 2.24) is 4.57 Å². The van der Waals surface area contributed by atoms with Gasteiger partial charge in [-0.3, -0.25) is 0 Å². The van der Waals surface area contributed by atoms with Crippen molar-refractivity contribution < 1.29 is 9.13 Å². The summed E-state index contributed by atoms with van der Waals surface area (Å²) in [5, 5.41) is 2.64. The molecule has 0 saturated carbocycles. The molecule has 5 nitrogen and oxygen atoms in total. The van der Waals surface area contributed by atoms with Gasteiger partial charge < -0.3 is 4.57 Å². The maximum absolute atomic E-state index is 2.72. The molecule has 5 aromatic carbocycles. The lowest BCUT2D eigenvalue weighted by molar-refractivity contribution is -0.928. The first-order valence-corrected chi connectivity index (χ1v) is 18.6. The molecule has 52 heavy (non-hydrogen) atoms. The van der Waals surface area contributed by atoms with Crippen molar-refractivity contribution >= 4 is 56.2 Å². The average molecular weight is 668 g/mol. The molecule has 0 aliphatic carbocycles. The van der Waals surface area contributed by atoms with E-state index in [-0.39, 0.29) is 10.8 Å². The molecule has 3 aromatic heterocycles. The summed E-state index contributed by atoms with van der Waals surface area (Å²) in [4.78, 5) is 5.21. The summed E-state index contributed by atoms with van der Waals surface area (Å²) in [6.07, 6.45) is 0. The molecule has 5 heteroatoms. The van der Waals surface area contributed by atoms with Crippen LogP contribution in [0.4, 0.5) is 34.4 Å². The first-order chi connectivity index (χ1) is 25.4. The van der Waals surface area contributed by atoms with Crippen molar-refractivity contribution in [1.29, 1.82) is 0 Å². The lowest BCUT2D eigenvalue weighted by Crippen LogP contribution is -2.77. The fraction of sp³-hybridized carbons (Fsp3) is 0.149. The van der Waals surface area contributed by atoms with Gasteiger partial charge >= 0.3 is 5.66 Å². The Kier molecular flexibility index (Phi) is 4.00. The van der Waals surface area contributed by atoms with Gasteiger partial charge in [0.15, 0.2) is 22.8 Å².